The van der Waals surface area contributed by atoms with Gasteiger partial charge in [-0.3, -0.25) is 4.79 Å². The molecule has 1 heterocycles. The van der Waals surface area contributed by atoms with Crippen LogP contribution in [0.2, 0.25) is 0 Å². The van der Waals surface area contributed by atoms with E-state index in [-0.39, 0.29) is 5.91 Å². The molecule has 0 aliphatic rings. The third-order valence-electron chi connectivity index (χ3n) is 2.41. The van der Waals surface area contributed by atoms with Crippen LogP contribution in [0.15, 0.2) is 12.3 Å². The maximum absolute atomic E-state index is 10.5. The van der Waals surface area contributed by atoms with E-state index in [2.05, 4.69) is 16.4 Å². The quantitative estimate of drug-likeness (QED) is 0.724. The first-order valence-electron chi connectivity index (χ1n) is 5.53. The van der Waals surface area contributed by atoms with Crippen LogP contribution < -0.4 is 11.1 Å². The Morgan fingerprint density at radius 2 is 2.35 bits per heavy atom. The van der Waals surface area contributed by atoms with Crippen molar-refractivity contribution in [3.05, 3.63) is 23.4 Å². The number of anilines is 1. The highest BCUT2D eigenvalue weighted by molar-refractivity contribution is 5.73. The number of hydrogen-bond acceptors (Lipinski definition) is 4. The number of pyridine rings is 1. The summed E-state index contributed by atoms with van der Waals surface area (Å²) in [7, 11) is 0. The molecule has 0 radical (unpaired) electrons. The van der Waals surface area contributed by atoms with Gasteiger partial charge in [0.25, 0.3) is 0 Å². The van der Waals surface area contributed by atoms with Crippen LogP contribution in [0.25, 0.3) is 0 Å². The van der Waals surface area contributed by atoms with Crippen LogP contribution in [-0.4, -0.2) is 17.4 Å². The van der Waals surface area contributed by atoms with Crippen molar-refractivity contribution in [1.29, 1.82) is 5.26 Å². The number of aromatic nitrogens is 1. The van der Waals surface area contributed by atoms with E-state index in [4.69, 9.17) is 11.0 Å². The Morgan fingerprint density at radius 1 is 1.59 bits per heavy atom. The van der Waals surface area contributed by atoms with Gasteiger partial charge in [0, 0.05) is 19.2 Å². The Labute approximate surface area is 101 Å². The van der Waals surface area contributed by atoms with Gasteiger partial charge in [-0.05, 0) is 31.4 Å². The zero-order valence-electron chi connectivity index (χ0n) is 9.86. The molecule has 0 aliphatic carbocycles. The zero-order valence-corrected chi connectivity index (χ0v) is 9.86. The minimum absolute atomic E-state index is 0.281. The van der Waals surface area contributed by atoms with E-state index in [9.17, 15) is 4.79 Å². The fraction of sp³-hybridized carbons (Fsp3) is 0.417. The molecule has 0 spiro atoms. The van der Waals surface area contributed by atoms with E-state index in [0.29, 0.717) is 24.3 Å². The average Bonchev–Trinajstić information content (AvgIpc) is 2.28. The Hall–Kier alpha value is -2.09. The lowest BCUT2D eigenvalue weighted by Crippen LogP contribution is -2.11. The van der Waals surface area contributed by atoms with E-state index < -0.39 is 0 Å². The van der Waals surface area contributed by atoms with Crippen molar-refractivity contribution in [3.8, 4) is 6.07 Å². The maximum Gasteiger partial charge on any atom is 0.217 e. The SMILES string of the molecule is Cc1ccnc(NCCCCC(N)=O)c1C#N. The van der Waals surface area contributed by atoms with Gasteiger partial charge in [-0.1, -0.05) is 0 Å². The smallest absolute Gasteiger partial charge is 0.217 e. The fourth-order valence-electron chi connectivity index (χ4n) is 1.46. The highest BCUT2D eigenvalue weighted by Crippen LogP contribution is 2.14. The molecule has 17 heavy (non-hydrogen) atoms. The number of unbranched alkanes of at least 4 members (excludes halogenated alkanes) is 1. The Bertz CT molecular complexity index is 437. The number of nitriles is 1. The number of hydrogen-bond donors (Lipinski definition) is 2. The third kappa shape index (κ3) is 4.11. The van der Waals surface area contributed by atoms with Gasteiger partial charge in [0.05, 0.1) is 5.56 Å². The van der Waals surface area contributed by atoms with Crippen molar-refractivity contribution < 1.29 is 4.79 Å². The van der Waals surface area contributed by atoms with Crippen LogP contribution in [0.1, 0.15) is 30.4 Å². The number of amides is 1. The predicted molar refractivity (Wildman–Crippen MR) is 65.2 cm³/mol. The molecule has 0 aliphatic heterocycles. The molecule has 3 N–H and O–H groups in total. The van der Waals surface area contributed by atoms with Crippen molar-refractivity contribution in [2.24, 2.45) is 5.73 Å². The normalized spacial score (nSPS) is 9.65. The van der Waals surface area contributed by atoms with Crippen molar-refractivity contribution in [3.63, 3.8) is 0 Å². The topological polar surface area (TPSA) is 91.8 Å². The number of primary amides is 1. The highest BCUT2D eigenvalue weighted by atomic mass is 16.1. The Kier molecular flexibility index (Phi) is 4.95. The summed E-state index contributed by atoms with van der Waals surface area (Å²) in [6, 6.07) is 3.93. The fourth-order valence-corrected chi connectivity index (χ4v) is 1.46. The van der Waals surface area contributed by atoms with E-state index in [1.165, 1.54) is 0 Å². The van der Waals surface area contributed by atoms with Gasteiger partial charge in [-0.2, -0.15) is 5.26 Å². The molecule has 1 amide bonds. The first-order chi connectivity index (χ1) is 8.15. The zero-order chi connectivity index (χ0) is 12.7. The predicted octanol–water partition coefficient (Wildman–Crippen LogP) is 1.33. The first-order valence-corrected chi connectivity index (χ1v) is 5.53. The van der Waals surface area contributed by atoms with Crippen molar-refractivity contribution in [1.82, 2.24) is 4.98 Å². The van der Waals surface area contributed by atoms with E-state index in [1.54, 1.807) is 12.3 Å². The lowest BCUT2D eigenvalue weighted by atomic mass is 10.1. The minimum atomic E-state index is -0.281. The van der Waals surface area contributed by atoms with Crippen molar-refractivity contribution in [2.75, 3.05) is 11.9 Å². The number of nitrogens with one attached hydrogen (secondary N) is 1. The van der Waals surface area contributed by atoms with E-state index >= 15 is 0 Å². The monoisotopic (exact) mass is 232 g/mol. The van der Waals surface area contributed by atoms with E-state index in [1.807, 2.05) is 6.92 Å². The number of carbonyl (C=O) groups is 1. The molecule has 5 nitrogen and oxygen atoms in total. The van der Waals surface area contributed by atoms with Crippen LogP contribution in [0.3, 0.4) is 0 Å². The molecule has 0 saturated heterocycles. The summed E-state index contributed by atoms with van der Waals surface area (Å²) in [4.78, 5) is 14.6. The van der Waals surface area contributed by atoms with Crippen LogP contribution >= 0.6 is 0 Å². The third-order valence-corrected chi connectivity index (χ3v) is 2.41. The van der Waals surface area contributed by atoms with Gasteiger partial charge in [0.2, 0.25) is 5.91 Å². The minimum Gasteiger partial charge on any atom is -0.370 e. The summed E-state index contributed by atoms with van der Waals surface area (Å²) >= 11 is 0. The van der Waals surface area contributed by atoms with Gasteiger partial charge in [-0.15, -0.1) is 0 Å². The number of aryl methyl sites for hydroxylation is 1. The molecule has 1 aromatic rings. The highest BCUT2D eigenvalue weighted by Gasteiger charge is 2.05. The first kappa shape index (κ1) is 13.0. The molecule has 0 aromatic carbocycles. The summed E-state index contributed by atoms with van der Waals surface area (Å²) in [6.07, 6.45) is 3.63. The molecule has 0 fully saturated rings. The van der Waals surface area contributed by atoms with Crippen LogP contribution in [-0.2, 0) is 4.79 Å². The second-order valence-corrected chi connectivity index (χ2v) is 3.81. The second kappa shape index (κ2) is 6.48. The summed E-state index contributed by atoms with van der Waals surface area (Å²) in [5.41, 5.74) is 6.51. The van der Waals surface area contributed by atoms with Gasteiger partial charge in [-0.25, -0.2) is 4.98 Å². The summed E-state index contributed by atoms with van der Waals surface area (Å²) < 4.78 is 0. The van der Waals surface area contributed by atoms with Crippen LogP contribution in [0, 0.1) is 18.3 Å². The van der Waals surface area contributed by atoms with Crippen LogP contribution in [0.5, 0.6) is 0 Å². The number of rotatable bonds is 6. The Morgan fingerprint density at radius 3 is 3.00 bits per heavy atom. The molecule has 1 aromatic heterocycles. The van der Waals surface area contributed by atoms with E-state index in [0.717, 1.165) is 18.4 Å². The van der Waals surface area contributed by atoms with Crippen LogP contribution in [0.4, 0.5) is 5.82 Å². The molecule has 0 bridgehead atoms. The van der Waals surface area contributed by atoms with Gasteiger partial charge in [0.15, 0.2) is 0 Å². The van der Waals surface area contributed by atoms with Crippen molar-refractivity contribution in [2.45, 2.75) is 26.2 Å². The van der Waals surface area contributed by atoms with Gasteiger partial charge < -0.3 is 11.1 Å². The largest absolute Gasteiger partial charge is 0.370 e. The Balaban J connectivity index is 2.45. The molecular weight excluding hydrogens is 216 g/mol. The maximum atomic E-state index is 10.5. The summed E-state index contributed by atoms with van der Waals surface area (Å²) in [5.74, 6) is 0.322. The second-order valence-electron chi connectivity index (χ2n) is 3.81. The summed E-state index contributed by atoms with van der Waals surface area (Å²) in [6.45, 7) is 2.55. The lowest BCUT2D eigenvalue weighted by Gasteiger charge is -2.07. The summed E-state index contributed by atoms with van der Waals surface area (Å²) in [5, 5.41) is 12.1. The average molecular weight is 232 g/mol. The molecule has 1 rings (SSSR count). The molecule has 5 heteroatoms. The van der Waals surface area contributed by atoms with Gasteiger partial charge in [0.1, 0.15) is 11.9 Å². The molecule has 0 saturated carbocycles. The standard InChI is InChI=1S/C12H16N4O/c1-9-5-7-16-12(10(9)8-13)15-6-3-2-4-11(14)17/h5,7H,2-4,6H2,1H3,(H2,14,17)(H,15,16). The molecule has 0 unspecified atom stereocenters. The van der Waals surface area contributed by atoms with Crippen molar-refractivity contribution >= 4 is 11.7 Å². The number of nitrogens with two attached hydrogens (primary N) is 1. The van der Waals surface area contributed by atoms with Gasteiger partial charge >= 0.3 is 0 Å². The number of nitrogens with zero attached hydrogens (tertiary/aromatic N) is 2. The molecular formula is C12H16N4O. The lowest BCUT2D eigenvalue weighted by molar-refractivity contribution is -0.118. The molecule has 90 valence electrons. The number of carbonyl (C=O) groups excluding carboxylic acids is 1. The molecule has 0 atom stereocenters.